The van der Waals surface area contributed by atoms with E-state index >= 15 is 0 Å². The van der Waals surface area contributed by atoms with Crippen LogP contribution in [-0.2, 0) is 5.41 Å². The predicted molar refractivity (Wildman–Crippen MR) is 79.1 cm³/mol. The molecule has 2 heterocycles. The van der Waals surface area contributed by atoms with Crippen molar-refractivity contribution < 1.29 is 4.74 Å². The summed E-state index contributed by atoms with van der Waals surface area (Å²) in [6.07, 6.45) is 3.88. The number of fused-ring (bicyclic) bond motifs is 1. The van der Waals surface area contributed by atoms with Crippen molar-refractivity contribution in [2.75, 3.05) is 32.6 Å². The summed E-state index contributed by atoms with van der Waals surface area (Å²) in [5.41, 5.74) is 2.81. The van der Waals surface area contributed by atoms with Crippen molar-refractivity contribution in [3.8, 4) is 5.75 Å². The van der Waals surface area contributed by atoms with Gasteiger partial charge in [-0.3, -0.25) is 0 Å². The molecule has 2 aliphatic rings. The van der Waals surface area contributed by atoms with Crippen molar-refractivity contribution in [1.29, 1.82) is 0 Å². The van der Waals surface area contributed by atoms with E-state index in [4.69, 9.17) is 4.74 Å². The average molecular weight is 260 g/mol. The fraction of sp³-hybridized carbons (Fsp3) is 0.625. The number of nitrogens with one attached hydrogen (secondary N) is 1. The van der Waals surface area contributed by atoms with Gasteiger partial charge in [0.2, 0.25) is 0 Å². The van der Waals surface area contributed by atoms with E-state index in [0.717, 1.165) is 12.3 Å². The monoisotopic (exact) mass is 260 g/mol. The molecule has 0 aromatic heterocycles. The normalized spacial score (nSPS) is 30.2. The molecule has 0 amide bonds. The van der Waals surface area contributed by atoms with Crippen molar-refractivity contribution in [2.45, 2.75) is 37.6 Å². The number of rotatable bonds is 3. The number of likely N-dealkylation sites (tertiary alicyclic amines) is 1. The van der Waals surface area contributed by atoms with Gasteiger partial charge >= 0.3 is 0 Å². The Morgan fingerprint density at radius 2 is 2.32 bits per heavy atom. The Labute approximate surface area is 115 Å². The molecule has 1 saturated heterocycles. The molecule has 2 aliphatic heterocycles. The van der Waals surface area contributed by atoms with Crippen LogP contribution in [0.25, 0.3) is 0 Å². The summed E-state index contributed by atoms with van der Waals surface area (Å²) in [5.74, 6) is 1.03. The highest BCUT2D eigenvalue weighted by molar-refractivity contribution is 5.65. The van der Waals surface area contributed by atoms with Gasteiger partial charge in [0, 0.05) is 29.3 Å². The highest BCUT2D eigenvalue weighted by atomic mass is 16.5. The standard InChI is InChI=1S/C16H24N2O/c1-16(10-12-6-5-9-18(12)2)11-17-13-7-4-8-14(19-3)15(13)16/h4,7-8,12,17H,5-6,9-11H2,1-3H3/t12-,16?/m1/s1. The van der Waals surface area contributed by atoms with E-state index in [2.05, 4.69) is 42.4 Å². The molecule has 1 fully saturated rings. The highest BCUT2D eigenvalue weighted by Gasteiger charge is 2.40. The maximum Gasteiger partial charge on any atom is 0.124 e. The maximum atomic E-state index is 5.59. The van der Waals surface area contributed by atoms with Gasteiger partial charge in [-0.25, -0.2) is 0 Å². The van der Waals surface area contributed by atoms with Crippen LogP contribution in [-0.4, -0.2) is 38.2 Å². The van der Waals surface area contributed by atoms with Crippen LogP contribution in [0.15, 0.2) is 18.2 Å². The van der Waals surface area contributed by atoms with Crippen LogP contribution in [0, 0.1) is 0 Å². The molecule has 0 aliphatic carbocycles. The van der Waals surface area contributed by atoms with Crippen LogP contribution >= 0.6 is 0 Å². The quantitative estimate of drug-likeness (QED) is 0.904. The van der Waals surface area contributed by atoms with E-state index in [1.54, 1.807) is 7.11 Å². The van der Waals surface area contributed by atoms with Crippen LogP contribution in [0.3, 0.4) is 0 Å². The van der Waals surface area contributed by atoms with E-state index in [1.807, 2.05) is 0 Å². The Hall–Kier alpha value is -1.22. The molecular weight excluding hydrogens is 236 g/mol. The first-order valence-corrected chi connectivity index (χ1v) is 7.26. The number of methoxy groups -OCH3 is 1. The van der Waals surface area contributed by atoms with Crippen LogP contribution in [0.1, 0.15) is 31.7 Å². The van der Waals surface area contributed by atoms with Crippen molar-refractivity contribution >= 4 is 5.69 Å². The Bertz CT molecular complexity index is 474. The van der Waals surface area contributed by atoms with E-state index in [0.29, 0.717) is 6.04 Å². The molecule has 3 heteroatoms. The third-order valence-corrected chi connectivity index (χ3v) is 4.88. The first kappa shape index (κ1) is 12.8. The molecular formula is C16H24N2O. The zero-order valence-corrected chi connectivity index (χ0v) is 12.2. The number of hydrogen-bond acceptors (Lipinski definition) is 3. The number of nitrogens with zero attached hydrogens (tertiary/aromatic N) is 1. The number of hydrogen-bond donors (Lipinski definition) is 1. The lowest BCUT2D eigenvalue weighted by atomic mass is 9.78. The van der Waals surface area contributed by atoms with Gasteiger partial charge in [-0.05, 0) is 45.0 Å². The number of ether oxygens (including phenoxy) is 1. The number of anilines is 1. The topological polar surface area (TPSA) is 24.5 Å². The minimum Gasteiger partial charge on any atom is -0.496 e. The van der Waals surface area contributed by atoms with E-state index < -0.39 is 0 Å². The molecule has 0 spiro atoms. The zero-order chi connectivity index (χ0) is 13.5. The summed E-state index contributed by atoms with van der Waals surface area (Å²) in [5, 5.41) is 3.56. The molecule has 1 aromatic rings. The number of benzene rings is 1. The molecule has 0 bridgehead atoms. The molecule has 1 N–H and O–H groups in total. The summed E-state index contributed by atoms with van der Waals surface area (Å²) in [4.78, 5) is 2.51. The molecule has 1 aromatic carbocycles. The van der Waals surface area contributed by atoms with Crippen LogP contribution in [0.4, 0.5) is 5.69 Å². The second-order valence-corrected chi connectivity index (χ2v) is 6.28. The Morgan fingerprint density at radius 1 is 1.47 bits per heavy atom. The minimum absolute atomic E-state index is 0.186. The summed E-state index contributed by atoms with van der Waals surface area (Å²) >= 11 is 0. The minimum atomic E-state index is 0.186. The van der Waals surface area contributed by atoms with Crippen molar-refractivity contribution in [2.24, 2.45) is 0 Å². The Balaban J connectivity index is 1.91. The first-order valence-electron chi connectivity index (χ1n) is 7.26. The smallest absolute Gasteiger partial charge is 0.124 e. The van der Waals surface area contributed by atoms with Gasteiger partial charge in [0.15, 0.2) is 0 Å². The van der Waals surface area contributed by atoms with Gasteiger partial charge in [-0.2, -0.15) is 0 Å². The average Bonchev–Trinajstić information content (AvgIpc) is 2.95. The zero-order valence-electron chi connectivity index (χ0n) is 12.2. The molecule has 104 valence electrons. The summed E-state index contributed by atoms with van der Waals surface area (Å²) in [7, 11) is 4.03. The van der Waals surface area contributed by atoms with Gasteiger partial charge in [-0.1, -0.05) is 13.0 Å². The first-order chi connectivity index (χ1) is 9.14. The molecule has 3 nitrogen and oxygen atoms in total. The molecule has 19 heavy (non-hydrogen) atoms. The van der Waals surface area contributed by atoms with E-state index in [9.17, 15) is 0 Å². The second kappa shape index (κ2) is 4.71. The lowest BCUT2D eigenvalue weighted by Gasteiger charge is -2.31. The van der Waals surface area contributed by atoms with Gasteiger partial charge in [0.25, 0.3) is 0 Å². The lowest BCUT2D eigenvalue weighted by Crippen LogP contribution is -2.35. The summed E-state index contributed by atoms with van der Waals surface area (Å²) in [6, 6.07) is 7.03. The maximum absolute atomic E-state index is 5.59. The SMILES string of the molecule is COc1cccc2c1C(C)(C[C@H]1CCCN1C)CN2. The van der Waals surface area contributed by atoms with Crippen LogP contribution < -0.4 is 10.1 Å². The van der Waals surface area contributed by atoms with Gasteiger partial charge in [0.05, 0.1) is 7.11 Å². The Morgan fingerprint density at radius 3 is 3.00 bits per heavy atom. The van der Waals surface area contributed by atoms with Gasteiger partial charge in [-0.15, -0.1) is 0 Å². The van der Waals surface area contributed by atoms with Crippen molar-refractivity contribution in [3.05, 3.63) is 23.8 Å². The van der Waals surface area contributed by atoms with E-state index in [-0.39, 0.29) is 5.41 Å². The molecule has 1 unspecified atom stereocenters. The predicted octanol–water partition coefficient (Wildman–Crippen LogP) is 2.86. The third-order valence-electron chi connectivity index (χ3n) is 4.88. The van der Waals surface area contributed by atoms with Gasteiger partial charge < -0.3 is 15.0 Å². The third kappa shape index (κ3) is 2.10. The van der Waals surface area contributed by atoms with Crippen LogP contribution in [0.5, 0.6) is 5.75 Å². The van der Waals surface area contributed by atoms with E-state index in [1.165, 1.54) is 37.1 Å². The largest absolute Gasteiger partial charge is 0.496 e. The summed E-state index contributed by atoms with van der Waals surface area (Å²) < 4.78 is 5.59. The molecule has 2 atom stereocenters. The van der Waals surface area contributed by atoms with Crippen LogP contribution in [0.2, 0.25) is 0 Å². The second-order valence-electron chi connectivity index (χ2n) is 6.28. The molecule has 3 rings (SSSR count). The molecule has 0 radical (unpaired) electrons. The lowest BCUT2D eigenvalue weighted by molar-refractivity contribution is 0.251. The highest BCUT2D eigenvalue weighted by Crippen LogP contribution is 2.46. The fourth-order valence-corrected chi connectivity index (χ4v) is 3.78. The van der Waals surface area contributed by atoms with Crippen molar-refractivity contribution in [1.82, 2.24) is 4.90 Å². The summed E-state index contributed by atoms with van der Waals surface area (Å²) in [6.45, 7) is 4.64. The fourth-order valence-electron chi connectivity index (χ4n) is 3.78. The van der Waals surface area contributed by atoms with Crippen molar-refractivity contribution in [3.63, 3.8) is 0 Å². The molecule has 0 saturated carbocycles. The van der Waals surface area contributed by atoms with Gasteiger partial charge in [0.1, 0.15) is 5.75 Å². The Kier molecular flexibility index (Phi) is 3.17.